The Balaban J connectivity index is 0.689. The predicted molar refractivity (Wildman–Crippen MR) is 542 cm³/mol. The van der Waals surface area contributed by atoms with E-state index in [0.717, 1.165) is 72.8 Å². The van der Waals surface area contributed by atoms with E-state index < -0.39 is 120 Å². The lowest BCUT2D eigenvalue weighted by atomic mass is 10.1. The molecule has 766 valence electrons. The van der Waals surface area contributed by atoms with Crippen molar-refractivity contribution >= 4 is 230 Å². The molecule has 0 atom stereocenters. The standard InChI is InChI=1S/C90H74N28O24S8/c1-51-40-61(16-32-73(51)111-115-77-36-20-65(45-81(77)147(131,132)133)107-103-57-8-24-69(25-9-57)143(119,120)121)93-87-97-85(98-88(101-87)94-62-17-33-74(52(2)41-62)112-116-78-37-21-66(46-82(78)148(134,135)136)108-104-58-10-26-70(27-11-58)144(122,123)124)91-49-55-6-5-7-56(44-55)50-92-86-99-89(95-63-18-34-75(53(3)42-63)113-117-79-38-22-67(47-83(79)149(137,138)139)109-105-59-12-28-71(29-13-59)145(125,126)127)102-90(100-86)96-64-19-35-76(54(4)43-64)114-118-80-39-23-68(48-84(80)150(140,141)142)110-106-60-14-30-72(31-15-60)146(128,129)130/h5-48H,49-50H2,1-4H3,(H,119,120,121)(H,122,123,124)(H,125,126,127)(H,128,129,130)(H,131,132,133)(H,134,135,136)(H,137,138,139)(H,140,141,142)(H3,91,93,94,97,98,101)(H3,92,95,96,99,100,102). The lowest BCUT2D eigenvalue weighted by Gasteiger charge is -2.14. The van der Waals surface area contributed by atoms with E-state index in [0.29, 0.717) is 56.1 Å². The molecule has 0 aliphatic carbocycles. The Bertz CT molecular complexity index is 8130. The van der Waals surface area contributed by atoms with Crippen molar-refractivity contribution in [2.75, 3.05) is 31.9 Å². The zero-order valence-corrected chi connectivity index (χ0v) is 83.6. The van der Waals surface area contributed by atoms with Gasteiger partial charge in [0.1, 0.15) is 42.3 Å². The fraction of sp³-hybridized carbons (Fsp3) is 0.0667. The molecule has 0 bridgehead atoms. The maximum Gasteiger partial charge on any atom is 0.296 e. The number of benzene rings is 13. The van der Waals surface area contributed by atoms with E-state index in [9.17, 15) is 104 Å². The molecule has 0 fully saturated rings. The average Bonchev–Trinajstić information content (AvgIpc) is 0.812. The third kappa shape index (κ3) is 29.2. The van der Waals surface area contributed by atoms with Crippen molar-refractivity contribution in [1.82, 2.24) is 29.9 Å². The van der Waals surface area contributed by atoms with Gasteiger partial charge in [-0.25, -0.2) is 0 Å². The molecule has 0 radical (unpaired) electrons. The Labute approximate surface area is 852 Å². The molecule has 0 saturated carbocycles. The molecule has 0 aliphatic heterocycles. The van der Waals surface area contributed by atoms with Crippen molar-refractivity contribution in [2.45, 2.75) is 79.9 Å². The van der Waals surface area contributed by atoms with Crippen molar-refractivity contribution in [3.63, 3.8) is 0 Å². The summed E-state index contributed by atoms with van der Waals surface area (Å²) in [4.78, 5) is 23.8. The molecule has 52 nitrogen and oxygen atoms in total. The van der Waals surface area contributed by atoms with E-state index >= 15 is 0 Å². The van der Waals surface area contributed by atoms with Crippen molar-refractivity contribution in [3.05, 3.63) is 300 Å². The lowest BCUT2D eigenvalue weighted by molar-refractivity contribution is 0.481. The van der Waals surface area contributed by atoms with Crippen LogP contribution in [0.5, 0.6) is 0 Å². The third-order valence-electron chi connectivity index (χ3n) is 20.6. The Kier molecular flexibility index (Phi) is 31.8. The first kappa shape index (κ1) is 107. The number of hydrogen-bond acceptors (Lipinski definition) is 44. The second-order valence-corrected chi connectivity index (χ2v) is 42.9. The molecular formula is C90H74N28O24S8. The monoisotopic (exact) mass is 2190 g/mol. The number of rotatable bonds is 38. The molecule has 0 spiro atoms. The number of nitrogens with zero attached hydrogens (tertiary/aromatic N) is 22. The Morgan fingerprint density at radius 2 is 0.387 bits per heavy atom. The van der Waals surface area contributed by atoms with Crippen molar-refractivity contribution in [3.8, 4) is 0 Å². The number of nitrogens with one attached hydrogen (secondary N) is 6. The predicted octanol–water partition coefficient (Wildman–Crippen LogP) is 22.8. The summed E-state index contributed by atoms with van der Waals surface area (Å²) in [6, 6.07) is 59.1. The molecule has 0 aliphatic rings. The van der Waals surface area contributed by atoms with E-state index in [4.69, 9.17) is 19.9 Å². The first-order valence-corrected chi connectivity index (χ1v) is 54.1. The normalized spacial score (nSPS) is 12.7. The van der Waals surface area contributed by atoms with Crippen LogP contribution in [0.2, 0.25) is 0 Å². The molecular weight excluding hydrogens is 2110 g/mol. The fourth-order valence-electron chi connectivity index (χ4n) is 13.3. The smallest absolute Gasteiger partial charge is 0.296 e. The Morgan fingerprint density at radius 1 is 0.200 bits per heavy atom. The van der Waals surface area contributed by atoms with Crippen LogP contribution in [0.4, 0.5) is 149 Å². The third-order valence-corrected chi connectivity index (χ3v) is 27.6. The van der Waals surface area contributed by atoms with E-state index in [1.807, 2.05) is 18.2 Å². The molecule has 2 heterocycles. The zero-order chi connectivity index (χ0) is 107. The van der Waals surface area contributed by atoms with E-state index in [2.05, 4.69) is 124 Å². The van der Waals surface area contributed by atoms with Gasteiger partial charge in [-0.3, -0.25) is 36.4 Å². The summed E-state index contributed by atoms with van der Waals surface area (Å²) in [6.07, 6.45) is 0. The minimum Gasteiger partial charge on any atom is -0.350 e. The molecule has 15 aromatic rings. The van der Waals surface area contributed by atoms with Crippen LogP contribution in [-0.4, -0.2) is 134 Å². The van der Waals surface area contributed by atoms with Crippen LogP contribution < -0.4 is 31.9 Å². The summed E-state index contributed by atoms with van der Waals surface area (Å²) in [5.41, 5.74) is 4.97. The highest BCUT2D eigenvalue weighted by atomic mass is 32.2. The highest BCUT2D eigenvalue weighted by molar-refractivity contribution is 7.87. The molecule has 15 rings (SSSR count). The summed E-state index contributed by atoms with van der Waals surface area (Å²) in [6.45, 7) is 6.83. The first-order valence-electron chi connectivity index (χ1n) is 42.5. The summed E-state index contributed by atoms with van der Waals surface area (Å²) >= 11 is 0. The lowest BCUT2D eigenvalue weighted by Crippen LogP contribution is -2.11. The van der Waals surface area contributed by atoms with Gasteiger partial charge >= 0.3 is 0 Å². The largest absolute Gasteiger partial charge is 0.350 e. The SMILES string of the molecule is Cc1cc(Nc2nc(NCc3cccc(CNc4nc(Nc5ccc(N=Nc6ccc(N=Nc7ccc(S(=O)(=O)O)cc7)cc6S(=O)(=O)O)c(C)c5)nc(Nc5ccc(N=Nc6ccc(N=Nc7ccc(S(=O)(=O)O)cc7)cc6S(=O)(=O)O)c(C)c5)n4)c3)nc(Nc3ccc(N=Nc4ccc(N=Nc5ccc(S(=O)(=O)O)cc5)cc4S(=O)(=O)O)c(C)c3)n2)ccc1N=Nc1ccc(N=Nc2ccc(S(=O)(=O)O)cc2)cc1S(=O)(=O)O. The van der Waals surface area contributed by atoms with E-state index in [1.54, 1.807) is 107 Å². The Hall–Kier alpha value is -17.2. The summed E-state index contributed by atoms with van der Waals surface area (Å²) < 4.78 is 273. The van der Waals surface area contributed by atoms with Crippen LogP contribution in [0.25, 0.3) is 0 Å². The van der Waals surface area contributed by atoms with Gasteiger partial charge in [-0.15, -0.1) is 20.5 Å². The maximum absolute atomic E-state index is 12.7. The second-order valence-electron chi connectivity index (χ2n) is 31.6. The van der Waals surface area contributed by atoms with Crippen LogP contribution in [0.15, 0.2) is 388 Å². The maximum atomic E-state index is 12.7. The number of azo groups is 8. The van der Waals surface area contributed by atoms with Gasteiger partial charge in [-0.1, -0.05) is 24.3 Å². The van der Waals surface area contributed by atoms with E-state index in [-0.39, 0.29) is 140 Å². The van der Waals surface area contributed by atoms with Crippen LogP contribution in [0, 0.1) is 27.7 Å². The van der Waals surface area contributed by atoms with Crippen LogP contribution in [0.1, 0.15) is 33.4 Å². The zero-order valence-electron chi connectivity index (χ0n) is 77.0. The van der Waals surface area contributed by atoms with Gasteiger partial charge in [-0.05, 0) is 304 Å². The molecule has 0 amide bonds. The minimum absolute atomic E-state index is 0.0187. The minimum atomic E-state index is -4.97. The van der Waals surface area contributed by atoms with E-state index in [1.165, 1.54) is 97.1 Å². The first-order chi connectivity index (χ1) is 70.8. The van der Waals surface area contributed by atoms with Gasteiger partial charge < -0.3 is 31.9 Å². The fourth-order valence-corrected chi connectivity index (χ4v) is 17.8. The van der Waals surface area contributed by atoms with Crippen molar-refractivity contribution in [2.24, 2.45) is 81.8 Å². The highest BCUT2D eigenvalue weighted by Crippen LogP contribution is 2.41. The molecule has 0 unspecified atom stereocenters. The average molecular weight is 2190 g/mol. The number of hydrogen-bond donors (Lipinski definition) is 14. The Morgan fingerprint density at radius 3 is 0.587 bits per heavy atom. The van der Waals surface area contributed by atoms with Crippen molar-refractivity contribution < 1.29 is 104 Å². The van der Waals surface area contributed by atoms with Gasteiger partial charge in [0, 0.05) is 35.8 Å². The van der Waals surface area contributed by atoms with Crippen LogP contribution in [-0.2, 0) is 94.0 Å². The molecule has 14 N–H and O–H groups in total. The summed E-state index contributed by atoms with van der Waals surface area (Å²) in [5, 5.41) is 84.7. The van der Waals surface area contributed by atoms with Gasteiger partial charge in [-0.2, -0.15) is 159 Å². The number of anilines is 10. The van der Waals surface area contributed by atoms with Gasteiger partial charge in [0.25, 0.3) is 80.9 Å². The number of aromatic nitrogens is 6. The van der Waals surface area contributed by atoms with Crippen molar-refractivity contribution in [1.29, 1.82) is 0 Å². The van der Waals surface area contributed by atoms with Gasteiger partial charge in [0.2, 0.25) is 35.7 Å². The molecule has 13 aromatic carbocycles. The van der Waals surface area contributed by atoms with Gasteiger partial charge in [0.05, 0.1) is 87.8 Å². The molecule has 2 aromatic heterocycles. The topological polar surface area (TPSA) is 782 Å². The summed E-state index contributed by atoms with van der Waals surface area (Å²) in [5.74, 6) is -0.0640. The van der Waals surface area contributed by atoms with Gasteiger partial charge in [0.15, 0.2) is 0 Å². The van der Waals surface area contributed by atoms with Crippen LogP contribution in [0.3, 0.4) is 0 Å². The highest BCUT2D eigenvalue weighted by Gasteiger charge is 2.25. The van der Waals surface area contributed by atoms with Crippen LogP contribution >= 0.6 is 0 Å². The number of aryl methyl sites for hydroxylation is 4. The molecule has 0 saturated heterocycles. The second kappa shape index (κ2) is 44.6. The molecule has 150 heavy (non-hydrogen) atoms. The quantitative estimate of drug-likeness (QED) is 0.0126. The summed E-state index contributed by atoms with van der Waals surface area (Å²) in [7, 11) is -37.9. The molecule has 60 heteroatoms.